The lowest BCUT2D eigenvalue weighted by atomic mass is 10.1. The van der Waals surface area contributed by atoms with Crippen LogP contribution in [-0.2, 0) is 6.67 Å². The number of pyridine rings is 1. The van der Waals surface area contributed by atoms with Gasteiger partial charge in [-0.1, -0.05) is 42.4 Å². The molecule has 0 unspecified atom stereocenters. The lowest BCUT2D eigenvalue weighted by Gasteiger charge is -2.32. The molecule has 4 heterocycles. The van der Waals surface area contributed by atoms with Gasteiger partial charge in [-0.3, -0.25) is 4.57 Å². The van der Waals surface area contributed by atoms with Crippen LogP contribution in [0.5, 0.6) is 11.5 Å². The first kappa shape index (κ1) is 16.5. The zero-order chi connectivity index (χ0) is 31.0. The average molecular weight is 512 g/mol. The Morgan fingerprint density at radius 1 is 0.744 bits per heavy atom. The van der Waals surface area contributed by atoms with Crippen LogP contribution in [-0.4, -0.2) is 19.1 Å². The molecule has 0 saturated carbocycles. The number of rotatable bonds is 4. The molecule has 0 N–H and O–H groups in total. The minimum Gasteiger partial charge on any atom is -0.457 e. The number of hydrogen-bond acceptors (Lipinski definition) is 4. The lowest BCUT2D eigenvalue weighted by Crippen LogP contribution is -2.25. The third kappa shape index (κ3) is 3.49. The zero-order valence-corrected chi connectivity index (χ0v) is 20.5. The van der Waals surface area contributed by atoms with Gasteiger partial charge < -0.3 is 14.2 Å². The van der Waals surface area contributed by atoms with E-state index in [1.165, 1.54) is 0 Å². The molecule has 0 spiro atoms. The molecule has 6 heteroatoms. The van der Waals surface area contributed by atoms with Gasteiger partial charge in [0.25, 0.3) is 0 Å². The topological polar surface area (TPSA) is 48.1 Å². The molecule has 0 amide bonds. The number of imidazole rings is 1. The van der Waals surface area contributed by atoms with Crippen molar-refractivity contribution in [2.75, 3.05) is 4.90 Å². The molecule has 4 aromatic carbocycles. The van der Waals surface area contributed by atoms with Crippen molar-refractivity contribution in [1.29, 1.82) is 0 Å². The van der Waals surface area contributed by atoms with Crippen molar-refractivity contribution in [1.82, 2.24) is 19.1 Å². The van der Waals surface area contributed by atoms with E-state index in [0.717, 1.165) is 22.8 Å². The standard InChI is InChI=1S/C33H23N5O/c1-4-13-30-26(10-1)27-16-15-25(21-31(27)38(30)32-14-5-6-17-34-32)39-24-9-7-8-23(20-24)37-22-36-19-18-35-33(36)28-11-2-3-12-29(28)37/h1-21H,22H2/i1D,4D,10D,13D,15D,16D. The predicted octanol–water partition coefficient (Wildman–Crippen LogP) is 7.94. The molecule has 0 fully saturated rings. The second-order valence-corrected chi connectivity index (χ2v) is 9.17. The number of benzene rings is 4. The Bertz CT molecular complexity index is 2320. The maximum Gasteiger partial charge on any atom is 0.143 e. The molecule has 6 nitrogen and oxygen atoms in total. The third-order valence-electron chi connectivity index (χ3n) is 6.90. The highest BCUT2D eigenvalue weighted by atomic mass is 16.5. The van der Waals surface area contributed by atoms with Crippen LogP contribution >= 0.6 is 0 Å². The molecule has 0 atom stereocenters. The maximum atomic E-state index is 9.01. The predicted molar refractivity (Wildman–Crippen MR) is 155 cm³/mol. The van der Waals surface area contributed by atoms with E-state index in [-0.39, 0.29) is 52.3 Å². The second-order valence-electron chi connectivity index (χ2n) is 9.17. The normalized spacial score (nSPS) is 14.6. The monoisotopic (exact) mass is 511 g/mol. The van der Waals surface area contributed by atoms with Gasteiger partial charge >= 0.3 is 0 Å². The van der Waals surface area contributed by atoms with Gasteiger partial charge in [-0.25, -0.2) is 9.97 Å². The van der Waals surface area contributed by atoms with Crippen LogP contribution in [0.3, 0.4) is 0 Å². The van der Waals surface area contributed by atoms with Crippen LogP contribution in [0.1, 0.15) is 8.22 Å². The Labute approximate surface area is 233 Å². The fourth-order valence-corrected chi connectivity index (χ4v) is 5.20. The molecule has 1 aliphatic heterocycles. The summed E-state index contributed by atoms with van der Waals surface area (Å²) in [5.74, 6) is 1.87. The first-order valence-electron chi connectivity index (χ1n) is 15.5. The summed E-state index contributed by atoms with van der Waals surface area (Å²) in [7, 11) is 0. The van der Waals surface area contributed by atoms with E-state index in [4.69, 9.17) is 13.0 Å². The van der Waals surface area contributed by atoms with E-state index in [1.54, 1.807) is 47.3 Å². The molecule has 7 aromatic rings. The number of ether oxygens (including phenoxy) is 1. The highest BCUT2D eigenvalue weighted by Crippen LogP contribution is 2.40. The number of aromatic nitrogens is 4. The van der Waals surface area contributed by atoms with Crippen molar-refractivity contribution in [2.45, 2.75) is 6.67 Å². The minimum atomic E-state index is -0.405. The highest BCUT2D eigenvalue weighted by Gasteiger charge is 2.23. The van der Waals surface area contributed by atoms with E-state index in [0.29, 0.717) is 23.8 Å². The van der Waals surface area contributed by atoms with Gasteiger partial charge in [-0.05, 0) is 54.5 Å². The van der Waals surface area contributed by atoms with Crippen LogP contribution in [0.25, 0.3) is 39.0 Å². The van der Waals surface area contributed by atoms with E-state index in [1.807, 2.05) is 48.7 Å². The quantitative estimate of drug-likeness (QED) is 0.241. The highest BCUT2D eigenvalue weighted by molar-refractivity contribution is 6.09. The smallest absolute Gasteiger partial charge is 0.143 e. The number of nitrogens with zero attached hydrogens (tertiary/aromatic N) is 5. The minimum absolute atomic E-state index is 0.107. The van der Waals surface area contributed by atoms with Gasteiger partial charge in [0.15, 0.2) is 0 Å². The fraction of sp³-hybridized carbons (Fsp3) is 0.0303. The number of fused-ring (bicyclic) bond motifs is 6. The Morgan fingerprint density at radius 2 is 1.64 bits per heavy atom. The Balaban J connectivity index is 1.29. The van der Waals surface area contributed by atoms with Crippen LogP contribution in [0.2, 0.25) is 0 Å². The van der Waals surface area contributed by atoms with Crippen LogP contribution < -0.4 is 9.64 Å². The Hall–Kier alpha value is -5.36. The largest absolute Gasteiger partial charge is 0.457 e. The van der Waals surface area contributed by atoms with E-state index < -0.39 is 6.04 Å². The zero-order valence-electron chi connectivity index (χ0n) is 26.5. The molecular formula is C33H23N5O. The van der Waals surface area contributed by atoms with Crippen molar-refractivity contribution in [3.05, 3.63) is 128 Å². The molecule has 0 radical (unpaired) electrons. The maximum absolute atomic E-state index is 9.01. The van der Waals surface area contributed by atoms with Gasteiger partial charge in [-0.15, -0.1) is 0 Å². The number of hydrogen-bond donors (Lipinski definition) is 0. The van der Waals surface area contributed by atoms with Crippen molar-refractivity contribution >= 4 is 33.2 Å². The summed E-state index contributed by atoms with van der Waals surface area (Å²) in [6.07, 6.45) is 5.31. The van der Waals surface area contributed by atoms with Gasteiger partial charge in [0.05, 0.1) is 24.9 Å². The first-order valence-corrected chi connectivity index (χ1v) is 12.5. The van der Waals surface area contributed by atoms with Crippen LogP contribution in [0, 0.1) is 0 Å². The van der Waals surface area contributed by atoms with Crippen LogP contribution in [0.4, 0.5) is 11.4 Å². The van der Waals surface area contributed by atoms with E-state index in [9.17, 15) is 0 Å². The molecule has 0 aliphatic carbocycles. The molecule has 1 aliphatic rings. The fourth-order valence-electron chi connectivity index (χ4n) is 5.20. The molecule has 0 saturated heterocycles. The van der Waals surface area contributed by atoms with Gasteiger partial charge in [0.2, 0.25) is 0 Å². The van der Waals surface area contributed by atoms with Gasteiger partial charge in [-0.2, -0.15) is 0 Å². The molecular weight excluding hydrogens is 482 g/mol. The molecule has 8 rings (SSSR count). The summed E-state index contributed by atoms with van der Waals surface area (Å²) in [6.45, 7) is 0.549. The molecule has 0 bridgehead atoms. The first-order chi connectivity index (χ1) is 21.8. The van der Waals surface area contributed by atoms with E-state index in [2.05, 4.69) is 19.4 Å². The summed E-state index contributed by atoms with van der Waals surface area (Å²) in [5.41, 5.74) is 3.45. The van der Waals surface area contributed by atoms with Crippen molar-refractivity contribution in [3.8, 4) is 28.7 Å². The number of anilines is 2. The molecule has 3 aromatic heterocycles. The third-order valence-corrected chi connectivity index (χ3v) is 6.90. The Morgan fingerprint density at radius 3 is 2.59 bits per heavy atom. The summed E-state index contributed by atoms with van der Waals surface area (Å²) in [4.78, 5) is 11.1. The van der Waals surface area contributed by atoms with E-state index >= 15 is 0 Å². The summed E-state index contributed by atoms with van der Waals surface area (Å²) in [5, 5.41) is 0.395. The number of para-hydroxylation sites is 2. The van der Waals surface area contributed by atoms with Crippen molar-refractivity contribution < 1.29 is 13.0 Å². The summed E-state index contributed by atoms with van der Waals surface area (Å²) in [6, 6.07) is 20.7. The summed E-state index contributed by atoms with van der Waals surface area (Å²) >= 11 is 0. The van der Waals surface area contributed by atoms with Crippen LogP contribution in [0.15, 0.2) is 128 Å². The van der Waals surface area contributed by atoms with Gasteiger partial charge in [0, 0.05) is 52.7 Å². The molecule has 39 heavy (non-hydrogen) atoms. The SMILES string of the molecule is [2H]c1c(Oc2cccc(N3Cn4ccnc4-c4ccccc43)c2)cc2c(c1[2H])c1c([2H])c([2H])c([2H])c([2H])c1n2-c1ccccn1. The summed E-state index contributed by atoms with van der Waals surface area (Å²) < 4.78 is 61.9. The average Bonchev–Trinajstić information content (AvgIpc) is 3.68. The van der Waals surface area contributed by atoms with Crippen molar-refractivity contribution in [3.63, 3.8) is 0 Å². The molecule has 186 valence electrons. The van der Waals surface area contributed by atoms with Crippen molar-refractivity contribution in [2.24, 2.45) is 0 Å². The Kier molecular flexibility index (Phi) is 3.63. The lowest BCUT2D eigenvalue weighted by molar-refractivity contribution is 0.483. The second kappa shape index (κ2) is 8.60. The van der Waals surface area contributed by atoms with Gasteiger partial charge in [0.1, 0.15) is 29.8 Å².